The Hall–Kier alpha value is -1.72. The molecule has 1 saturated heterocycles. The summed E-state index contributed by atoms with van der Waals surface area (Å²) in [5, 5.41) is 0. The number of rotatable bonds is 3. The molecule has 1 aliphatic heterocycles. The zero-order valence-electron chi connectivity index (χ0n) is 14.0. The summed E-state index contributed by atoms with van der Waals surface area (Å²) in [5.41, 5.74) is 2.11. The number of aromatic nitrogens is 1. The third kappa shape index (κ3) is 3.46. The van der Waals surface area contributed by atoms with Gasteiger partial charge in [0, 0.05) is 54.4 Å². The zero-order chi connectivity index (χ0) is 16.4. The fourth-order valence-corrected chi connectivity index (χ4v) is 4.08. The molecule has 1 unspecified atom stereocenters. The maximum atomic E-state index is 12.7. The van der Waals surface area contributed by atoms with Gasteiger partial charge in [-0.25, -0.2) is 0 Å². The van der Waals surface area contributed by atoms with Crippen molar-refractivity contribution in [3.8, 4) is 0 Å². The van der Waals surface area contributed by atoms with Gasteiger partial charge in [0.25, 0.3) is 5.91 Å². The minimum absolute atomic E-state index is 0.181. The summed E-state index contributed by atoms with van der Waals surface area (Å²) in [6.45, 7) is 9.69. The molecule has 1 atom stereocenters. The Morgan fingerprint density at radius 1 is 1.26 bits per heavy atom. The highest BCUT2D eigenvalue weighted by atomic mass is 32.1. The summed E-state index contributed by atoms with van der Waals surface area (Å²) >= 11 is 1.70. The molecule has 0 saturated carbocycles. The van der Waals surface area contributed by atoms with Gasteiger partial charge in [0.1, 0.15) is 0 Å². The van der Waals surface area contributed by atoms with Gasteiger partial charge in [0.2, 0.25) is 0 Å². The molecule has 3 heterocycles. The lowest BCUT2D eigenvalue weighted by Gasteiger charge is -2.38. The highest BCUT2D eigenvalue weighted by molar-refractivity contribution is 7.12. The van der Waals surface area contributed by atoms with E-state index >= 15 is 0 Å². The number of carbonyl (C=O) groups is 1. The summed E-state index contributed by atoms with van der Waals surface area (Å²) in [6.07, 6.45) is 3.73. The Morgan fingerprint density at radius 3 is 2.57 bits per heavy atom. The highest BCUT2D eigenvalue weighted by Gasteiger charge is 2.26. The normalized spacial score (nSPS) is 17.3. The van der Waals surface area contributed by atoms with Gasteiger partial charge in [-0.05, 0) is 38.5 Å². The molecule has 0 radical (unpaired) electrons. The van der Waals surface area contributed by atoms with Gasteiger partial charge >= 0.3 is 0 Å². The maximum Gasteiger partial charge on any atom is 0.255 e. The standard InChI is InChI=1S/C18H23N3OS/c1-13-11-17(15(3)23-13)18(22)21-9-7-20(8-10-21)14(2)16-5-4-6-19-12-16/h4-6,11-12,14H,7-10H2,1-3H3. The molecule has 0 N–H and O–H groups in total. The van der Waals surface area contributed by atoms with Crippen molar-refractivity contribution in [2.75, 3.05) is 26.2 Å². The second kappa shape index (κ2) is 6.81. The van der Waals surface area contributed by atoms with Crippen molar-refractivity contribution in [2.24, 2.45) is 0 Å². The van der Waals surface area contributed by atoms with E-state index in [4.69, 9.17) is 0 Å². The molecule has 0 bridgehead atoms. The number of hydrogen-bond donors (Lipinski definition) is 0. The number of carbonyl (C=O) groups excluding carboxylic acids is 1. The molecular formula is C18H23N3OS. The summed E-state index contributed by atoms with van der Waals surface area (Å²) in [7, 11) is 0. The number of hydrogen-bond acceptors (Lipinski definition) is 4. The first-order chi connectivity index (χ1) is 11.1. The molecule has 1 amide bonds. The highest BCUT2D eigenvalue weighted by Crippen LogP contribution is 2.24. The molecule has 2 aromatic rings. The van der Waals surface area contributed by atoms with Crippen LogP contribution in [-0.2, 0) is 0 Å². The molecule has 0 aromatic carbocycles. The average Bonchev–Trinajstić information content (AvgIpc) is 2.93. The lowest BCUT2D eigenvalue weighted by Crippen LogP contribution is -2.49. The molecular weight excluding hydrogens is 306 g/mol. The van der Waals surface area contributed by atoms with Crippen LogP contribution >= 0.6 is 11.3 Å². The van der Waals surface area contributed by atoms with Gasteiger partial charge in [-0.15, -0.1) is 11.3 Å². The van der Waals surface area contributed by atoms with E-state index in [1.54, 1.807) is 17.5 Å². The molecule has 5 heteroatoms. The Kier molecular flexibility index (Phi) is 4.78. The Labute approximate surface area is 141 Å². The van der Waals surface area contributed by atoms with E-state index in [9.17, 15) is 4.79 Å². The van der Waals surface area contributed by atoms with Gasteiger partial charge in [-0.2, -0.15) is 0 Å². The predicted molar refractivity (Wildman–Crippen MR) is 93.9 cm³/mol. The van der Waals surface area contributed by atoms with Crippen molar-refractivity contribution in [3.05, 3.63) is 51.5 Å². The van der Waals surface area contributed by atoms with Gasteiger partial charge in [-0.1, -0.05) is 6.07 Å². The van der Waals surface area contributed by atoms with Gasteiger partial charge in [-0.3, -0.25) is 14.7 Å². The lowest BCUT2D eigenvalue weighted by atomic mass is 10.1. The first-order valence-electron chi connectivity index (χ1n) is 8.06. The van der Waals surface area contributed by atoms with Crippen molar-refractivity contribution >= 4 is 17.2 Å². The van der Waals surface area contributed by atoms with E-state index in [0.717, 1.165) is 36.6 Å². The molecule has 1 aliphatic rings. The van der Waals surface area contributed by atoms with Crippen molar-refractivity contribution in [3.63, 3.8) is 0 Å². The van der Waals surface area contributed by atoms with Crippen LogP contribution in [0.15, 0.2) is 30.6 Å². The quantitative estimate of drug-likeness (QED) is 0.867. The summed E-state index contributed by atoms with van der Waals surface area (Å²) in [4.78, 5) is 23.6. The van der Waals surface area contributed by atoms with Crippen LogP contribution in [0.4, 0.5) is 0 Å². The van der Waals surface area contributed by atoms with Crippen molar-refractivity contribution in [1.82, 2.24) is 14.8 Å². The molecule has 122 valence electrons. The minimum atomic E-state index is 0.181. The van der Waals surface area contributed by atoms with Crippen LogP contribution in [0.25, 0.3) is 0 Å². The van der Waals surface area contributed by atoms with Crippen LogP contribution in [0.2, 0.25) is 0 Å². The molecule has 23 heavy (non-hydrogen) atoms. The second-order valence-corrected chi connectivity index (χ2v) is 7.58. The first kappa shape index (κ1) is 16.1. The third-order valence-electron chi connectivity index (χ3n) is 4.59. The van der Waals surface area contributed by atoms with E-state index in [1.165, 1.54) is 10.4 Å². The minimum Gasteiger partial charge on any atom is -0.336 e. The summed E-state index contributed by atoms with van der Waals surface area (Å²) in [6, 6.07) is 6.46. The average molecular weight is 329 g/mol. The van der Waals surface area contributed by atoms with Crippen molar-refractivity contribution in [1.29, 1.82) is 0 Å². The van der Waals surface area contributed by atoms with Crippen molar-refractivity contribution in [2.45, 2.75) is 26.8 Å². The van der Waals surface area contributed by atoms with E-state index in [2.05, 4.69) is 29.8 Å². The van der Waals surface area contributed by atoms with Gasteiger partial charge in [0.15, 0.2) is 0 Å². The third-order valence-corrected chi connectivity index (χ3v) is 5.55. The van der Waals surface area contributed by atoms with Gasteiger partial charge < -0.3 is 4.90 Å². The lowest BCUT2D eigenvalue weighted by molar-refractivity contribution is 0.0581. The number of amides is 1. The molecule has 0 aliphatic carbocycles. The topological polar surface area (TPSA) is 36.4 Å². The molecule has 2 aromatic heterocycles. The van der Waals surface area contributed by atoms with Crippen LogP contribution in [-0.4, -0.2) is 46.9 Å². The monoisotopic (exact) mass is 329 g/mol. The molecule has 0 spiro atoms. The second-order valence-electron chi connectivity index (χ2n) is 6.12. The van der Waals surface area contributed by atoms with Crippen LogP contribution in [0.3, 0.4) is 0 Å². The fourth-order valence-electron chi connectivity index (χ4n) is 3.16. The number of pyridine rings is 1. The SMILES string of the molecule is Cc1cc(C(=O)N2CCN(C(C)c3cccnc3)CC2)c(C)s1. The smallest absolute Gasteiger partial charge is 0.255 e. The summed E-state index contributed by atoms with van der Waals surface area (Å²) < 4.78 is 0. The molecule has 4 nitrogen and oxygen atoms in total. The van der Waals surface area contributed by atoms with Crippen LogP contribution in [0, 0.1) is 13.8 Å². The predicted octanol–water partition coefficient (Wildman–Crippen LogP) is 3.28. The summed E-state index contributed by atoms with van der Waals surface area (Å²) in [5.74, 6) is 0.181. The number of nitrogens with zero attached hydrogens (tertiary/aromatic N) is 3. The van der Waals surface area contributed by atoms with Gasteiger partial charge in [0.05, 0.1) is 5.56 Å². The first-order valence-corrected chi connectivity index (χ1v) is 8.88. The fraction of sp³-hybridized carbons (Fsp3) is 0.444. The van der Waals surface area contributed by atoms with Crippen LogP contribution < -0.4 is 0 Å². The largest absolute Gasteiger partial charge is 0.336 e. The zero-order valence-corrected chi connectivity index (χ0v) is 14.8. The number of aryl methyl sites for hydroxylation is 2. The van der Waals surface area contributed by atoms with Crippen LogP contribution in [0.1, 0.15) is 38.6 Å². The molecule has 3 rings (SSSR count). The number of thiophene rings is 1. The Balaban J connectivity index is 1.62. The van der Waals surface area contributed by atoms with E-state index in [1.807, 2.05) is 30.2 Å². The Morgan fingerprint density at radius 2 is 2.00 bits per heavy atom. The van der Waals surface area contributed by atoms with E-state index < -0.39 is 0 Å². The van der Waals surface area contributed by atoms with E-state index in [0.29, 0.717) is 6.04 Å². The Bertz CT molecular complexity index is 675. The number of piperazine rings is 1. The maximum absolute atomic E-state index is 12.7. The van der Waals surface area contributed by atoms with Crippen molar-refractivity contribution < 1.29 is 4.79 Å². The molecule has 1 fully saturated rings. The van der Waals surface area contributed by atoms with E-state index in [-0.39, 0.29) is 5.91 Å². The van der Waals surface area contributed by atoms with Crippen LogP contribution in [0.5, 0.6) is 0 Å².